The number of hydrogen-bond acceptors (Lipinski definition) is 4. The van der Waals surface area contributed by atoms with Gasteiger partial charge >= 0.3 is 5.97 Å². The fourth-order valence-corrected chi connectivity index (χ4v) is 1.67. The van der Waals surface area contributed by atoms with Gasteiger partial charge in [0, 0.05) is 23.4 Å². The zero-order chi connectivity index (χ0) is 13.8. The van der Waals surface area contributed by atoms with Crippen molar-refractivity contribution >= 4 is 29.2 Å². The number of carbonyl (C=O) groups excluding carboxylic acids is 1. The molecule has 0 aliphatic carbocycles. The molecule has 2 aromatic rings. The summed E-state index contributed by atoms with van der Waals surface area (Å²) in [6, 6.07) is 7.96. The lowest BCUT2D eigenvalue weighted by atomic mass is 10.3. The first-order chi connectivity index (χ1) is 9.10. The number of nitrogens with zero attached hydrogens (tertiary/aromatic N) is 1. The molecule has 1 aromatic carbocycles. The lowest BCUT2D eigenvalue weighted by Crippen LogP contribution is -2.01. The third-order valence-corrected chi connectivity index (χ3v) is 2.81. The summed E-state index contributed by atoms with van der Waals surface area (Å²) < 4.78 is 10.0. The molecule has 0 fully saturated rings. The van der Waals surface area contributed by atoms with Gasteiger partial charge in [-0.25, -0.2) is 9.78 Å². The summed E-state index contributed by atoms with van der Waals surface area (Å²) in [5.41, 5.74) is 0.340. The number of hydrogen-bond donors (Lipinski definition) is 0. The monoisotopic (exact) mass is 297 g/mol. The van der Waals surface area contributed by atoms with E-state index in [1.54, 1.807) is 30.3 Å². The zero-order valence-corrected chi connectivity index (χ0v) is 11.4. The molecule has 0 aliphatic heterocycles. The maximum atomic E-state index is 11.2. The van der Waals surface area contributed by atoms with E-state index in [1.165, 1.54) is 13.3 Å². The second-order valence-corrected chi connectivity index (χ2v) is 4.40. The Morgan fingerprint density at radius 2 is 2.00 bits per heavy atom. The minimum absolute atomic E-state index is 0.303. The van der Waals surface area contributed by atoms with E-state index in [0.29, 0.717) is 27.2 Å². The van der Waals surface area contributed by atoms with Crippen LogP contribution in [0.3, 0.4) is 0 Å². The van der Waals surface area contributed by atoms with Gasteiger partial charge in [0.15, 0.2) is 0 Å². The van der Waals surface area contributed by atoms with Gasteiger partial charge in [-0.15, -0.1) is 0 Å². The van der Waals surface area contributed by atoms with Crippen LogP contribution in [0.5, 0.6) is 11.6 Å². The van der Waals surface area contributed by atoms with E-state index in [4.69, 9.17) is 27.9 Å². The molecule has 2 rings (SSSR count). The summed E-state index contributed by atoms with van der Waals surface area (Å²) >= 11 is 11.8. The molecule has 0 saturated heterocycles. The third-order valence-electron chi connectivity index (χ3n) is 2.27. The first-order valence-electron chi connectivity index (χ1n) is 5.27. The zero-order valence-electron chi connectivity index (χ0n) is 9.89. The van der Waals surface area contributed by atoms with E-state index < -0.39 is 5.97 Å². The Kier molecular flexibility index (Phi) is 4.24. The molecule has 98 valence electrons. The highest BCUT2D eigenvalue weighted by Gasteiger charge is 2.08. The van der Waals surface area contributed by atoms with Crippen molar-refractivity contribution in [2.75, 3.05) is 7.11 Å². The number of methoxy groups -OCH3 is 1. The molecule has 1 heterocycles. The molecule has 0 N–H and O–H groups in total. The maximum Gasteiger partial charge on any atom is 0.339 e. The summed E-state index contributed by atoms with van der Waals surface area (Å²) in [7, 11) is 1.30. The minimum Gasteiger partial charge on any atom is -0.465 e. The third kappa shape index (κ3) is 3.36. The summed E-state index contributed by atoms with van der Waals surface area (Å²) in [6.45, 7) is 0. The molecular weight excluding hydrogens is 289 g/mol. The van der Waals surface area contributed by atoms with E-state index >= 15 is 0 Å². The lowest BCUT2D eigenvalue weighted by molar-refractivity contribution is 0.0600. The predicted octanol–water partition coefficient (Wildman–Crippen LogP) is 3.97. The Bertz CT molecular complexity index is 599. The van der Waals surface area contributed by atoms with Crippen molar-refractivity contribution in [1.82, 2.24) is 4.98 Å². The highest BCUT2D eigenvalue weighted by molar-refractivity contribution is 6.34. The van der Waals surface area contributed by atoms with Gasteiger partial charge in [0.25, 0.3) is 0 Å². The van der Waals surface area contributed by atoms with E-state index in [2.05, 4.69) is 9.72 Å². The Balaban J connectivity index is 2.19. The highest BCUT2D eigenvalue weighted by atomic mass is 35.5. The first-order valence-corrected chi connectivity index (χ1v) is 6.03. The second-order valence-electron chi connectivity index (χ2n) is 3.55. The van der Waals surface area contributed by atoms with Crippen molar-refractivity contribution in [1.29, 1.82) is 0 Å². The number of carbonyl (C=O) groups is 1. The number of rotatable bonds is 3. The fraction of sp³-hybridized carbons (Fsp3) is 0.0769. The van der Waals surface area contributed by atoms with Crippen molar-refractivity contribution < 1.29 is 14.3 Å². The Labute approximate surface area is 119 Å². The quantitative estimate of drug-likeness (QED) is 0.804. The number of aromatic nitrogens is 1. The molecule has 0 aliphatic rings. The molecule has 0 atom stereocenters. The van der Waals surface area contributed by atoms with E-state index in [9.17, 15) is 4.79 Å². The van der Waals surface area contributed by atoms with E-state index in [0.717, 1.165) is 0 Å². The van der Waals surface area contributed by atoms with Gasteiger partial charge < -0.3 is 9.47 Å². The normalized spacial score (nSPS) is 10.1. The van der Waals surface area contributed by atoms with Crippen molar-refractivity contribution in [2.45, 2.75) is 0 Å². The molecule has 0 saturated carbocycles. The number of pyridine rings is 1. The van der Waals surface area contributed by atoms with Crippen LogP contribution in [0.25, 0.3) is 0 Å². The lowest BCUT2D eigenvalue weighted by Gasteiger charge is -2.07. The number of benzene rings is 1. The fourth-order valence-electron chi connectivity index (χ4n) is 1.35. The van der Waals surface area contributed by atoms with Crippen molar-refractivity contribution in [3.05, 3.63) is 52.1 Å². The molecule has 0 bridgehead atoms. The van der Waals surface area contributed by atoms with Gasteiger partial charge in [-0.1, -0.05) is 23.2 Å². The Morgan fingerprint density at radius 1 is 1.21 bits per heavy atom. The summed E-state index contributed by atoms with van der Waals surface area (Å²) in [5.74, 6) is 0.240. The second kappa shape index (κ2) is 5.91. The van der Waals surface area contributed by atoms with Gasteiger partial charge in [0.1, 0.15) is 5.75 Å². The van der Waals surface area contributed by atoms with Gasteiger partial charge in [0.05, 0.1) is 17.7 Å². The van der Waals surface area contributed by atoms with Crippen LogP contribution in [0.15, 0.2) is 36.5 Å². The summed E-state index contributed by atoms with van der Waals surface area (Å²) in [6.07, 6.45) is 1.36. The van der Waals surface area contributed by atoms with Gasteiger partial charge in [-0.05, 0) is 18.2 Å². The Hall–Kier alpha value is -1.78. The summed E-state index contributed by atoms with van der Waals surface area (Å²) in [4.78, 5) is 15.2. The first kappa shape index (κ1) is 13.6. The van der Waals surface area contributed by atoms with Crippen LogP contribution in [0, 0.1) is 0 Å². The Morgan fingerprint density at radius 3 is 2.63 bits per heavy atom. The van der Waals surface area contributed by atoms with Crippen molar-refractivity contribution in [3.63, 3.8) is 0 Å². The minimum atomic E-state index is -0.458. The number of esters is 1. The molecule has 1 aromatic heterocycles. The topological polar surface area (TPSA) is 48.4 Å². The van der Waals surface area contributed by atoms with Crippen LogP contribution in [0.4, 0.5) is 0 Å². The van der Waals surface area contributed by atoms with Crippen LogP contribution in [-0.2, 0) is 4.74 Å². The molecule has 19 heavy (non-hydrogen) atoms. The molecule has 0 amide bonds. The van der Waals surface area contributed by atoms with Crippen molar-refractivity contribution in [3.8, 4) is 11.6 Å². The van der Waals surface area contributed by atoms with E-state index in [1.807, 2.05) is 0 Å². The van der Waals surface area contributed by atoms with E-state index in [-0.39, 0.29) is 0 Å². The van der Waals surface area contributed by atoms with Gasteiger partial charge in [0.2, 0.25) is 5.88 Å². The standard InChI is InChI=1S/C13H9Cl2NO3/c1-18-13(17)8-2-5-12(16-7-8)19-11-6-9(14)3-4-10(11)15/h2-7H,1H3. The van der Waals surface area contributed by atoms with Crippen LogP contribution < -0.4 is 4.74 Å². The number of ether oxygens (including phenoxy) is 2. The molecule has 6 heteroatoms. The highest BCUT2D eigenvalue weighted by Crippen LogP contribution is 2.30. The summed E-state index contributed by atoms with van der Waals surface area (Å²) in [5, 5.41) is 0.925. The van der Waals surface area contributed by atoms with Crippen molar-refractivity contribution in [2.24, 2.45) is 0 Å². The molecular formula is C13H9Cl2NO3. The SMILES string of the molecule is COC(=O)c1ccc(Oc2cc(Cl)ccc2Cl)nc1. The molecule has 4 nitrogen and oxygen atoms in total. The maximum absolute atomic E-state index is 11.2. The van der Waals surface area contributed by atoms with Crippen LogP contribution in [0.1, 0.15) is 10.4 Å². The molecule has 0 unspecified atom stereocenters. The smallest absolute Gasteiger partial charge is 0.339 e. The van der Waals surface area contributed by atoms with Crippen LogP contribution in [0.2, 0.25) is 10.0 Å². The molecule has 0 spiro atoms. The van der Waals surface area contributed by atoms with Crippen LogP contribution in [-0.4, -0.2) is 18.1 Å². The average molecular weight is 298 g/mol. The largest absolute Gasteiger partial charge is 0.465 e. The molecule has 0 radical (unpaired) electrons. The van der Waals surface area contributed by atoms with Gasteiger partial charge in [-0.2, -0.15) is 0 Å². The van der Waals surface area contributed by atoms with Gasteiger partial charge in [-0.3, -0.25) is 0 Å². The van der Waals surface area contributed by atoms with Crippen LogP contribution >= 0.6 is 23.2 Å². The average Bonchev–Trinajstić information content (AvgIpc) is 2.43. The number of halogens is 2. The predicted molar refractivity (Wildman–Crippen MR) is 72.1 cm³/mol.